The number of hydrogen-bond donors (Lipinski definition) is 2. The van der Waals surface area contributed by atoms with Gasteiger partial charge in [0.2, 0.25) is 0 Å². The Morgan fingerprint density at radius 1 is 1.44 bits per heavy atom. The smallest absolute Gasteiger partial charge is 0.335 e. The lowest BCUT2D eigenvalue weighted by atomic mass is 10.2. The first-order valence-electron chi connectivity index (χ1n) is 5.24. The molecule has 0 aliphatic heterocycles. The number of benzene rings is 1. The molecule has 5 nitrogen and oxygen atoms in total. The maximum absolute atomic E-state index is 10.9. The number of aromatic nitrogens is 1. The van der Waals surface area contributed by atoms with Crippen LogP contribution in [0.15, 0.2) is 33.3 Å². The lowest BCUT2D eigenvalue weighted by Gasteiger charge is -2.06. The van der Waals surface area contributed by atoms with Gasteiger partial charge in [-0.2, -0.15) is 0 Å². The molecule has 0 bridgehead atoms. The van der Waals surface area contributed by atoms with E-state index in [9.17, 15) is 4.79 Å². The number of nitrogens with one attached hydrogen (secondary N) is 1. The van der Waals surface area contributed by atoms with Crippen molar-refractivity contribution in [2.75, 3.05) is 5.32 Å². The Morgan fingerprint density at radius 3 is 2.83 bits per heavy atom. The minimum absolute atomic E-state index is 0.223. The highest BCUT2D eigenvalue weighted by atomic mass is 79.9. The van der Waals surface area contributed by atoms with Gasteiger partial charge in [-0.3, -0.25) is 0 Å². The predicted molar refractivity (Wildman–Crippen MR) is 69.7 cm³/mol. The molecule has 1 aromatic heterocycles. The maximum atomic E-state index is 10.9. The van der Waals surface area contributed by atoms with E-state index in [1.165, 1.54) is 0 Å². The SMILES string of the molecule is Cc1cc(CNc2cc(Br)cc(C(=O)O)c2)on1. The van der Waals surface area contributed by atoms with E-state index in [1.54, 1.807) is 18.2 Å². The Morgan fingerprint density at radius 2 is 2.22 bits per heavy atom. The van der Waals surface area contributed by atoms with E-state index < -0.39 is 5.97 Å². The molecule has 18 heavy (non-hydrogen) atoms. The van der Waals surface area contributed by atoms with E-state index in [2.05, 4.69) is 26.4 Å². The van der Waals surface area contributed by atoms with E-state index in [4.69, 9.17) is 9.63 Å². The second-order valence-corrected chi connectivity index (χ2v) is 4.74. The van der Waals surface area contributed by atoms with Gasteiger partial charge in [0.15, 0.2) is 5.76 Å². The van der Waals surface area contributed by atoms with Gasteiger partial charge < -0.3 is 14.9 Å². The van der Waals surface area contributed by atoms with Crippen molar-refractivity contribution in [2.45, 2.75) is 13.5 Å². The highest BCUT2D eigenvalue weighted by molar-refractivity contribution is 9.10. The van der Waals surface area contributed by atoms with Crippen molar-refractivity contribution in [3.63, 3.8) is 0 Å². The molecule has 6 heteroatoms. The van der Waals surface area contributed by atoms with Gasteiger partial charge in [0, 0.05) is 16.2 Å². The van der Waals surface area contributed by atoms with Gasteiger partial charge in [-0.1, -0.05) is 21.1 Å². The molecule has 0 atom stereocenters. The number of rotatable bonds is 4. The highest BCUT2D eigenvalue weighted by Gasteiger charge is 2.07. The number of hydrogen-bond acceptors (Lipinski definition) is 4. The van der Waals surface area contributed by atoms with Crippen molar-refractivity contribution in [2.24, 2.45) is 0 Å². The van der Waals surface area contributed by atoms with Gasteiger partial charge >= 0.3 is 5.97 Å². The fraction of sp³-hybridized carbons (Fsp3) is 0.167. The van der Waals surface area contributed by atoms with Crippen molar-refractivity contribution in [3.8, 4) is 0 Å². The molecule has 0 spiro atoms. The lowest BCUT2D eigenvalue weighted by molar-refractivity contribution is 0.0697. The van der Waals surface area contributed by atoms with Crippen molar-refractivity contribution in [3.05, 3.63) is 45.8 Å². The molecule has 0 unspecified atom stereocenters. The quantitative estimate of drug-likeness (QED) is 0.907. The molecular weight excluding hydrogens is 300 g/mol. The zero-order valence-corrected chi connectivity index (χ0v) is 11.2. The van der Waals surface area contributed by atoms with Crippen LogP contribution in [0.1, 0.15) is 21.8 Å². The molecule has 0 saturated heterocycles. The maximum Gasteiger partial charge on any atom is 0.335 e. The first-order chi connectivity index (χ1) is 8.54. The van der Waals surface area contributed by atoms with Crippen LogP contribution in [0.3, 0.4) is 0 Å². The number of halogens is 1. The van der Waals surface area contributed by atoms with Crippen LogP contribution < -0.4 is 5.32 Å². The van der Waals surface area contributed by atoms with Crippen molar-refractivity contribution in [1.82, 2.24) is 5.16 Å². The van der Waals surface area contributed by atoms with Crippen LogP contribution in [0.2, 0.25) is 0 Å². The number of anilines is 1. The Labute approximate surface area is 112 Å². The summed E-state index contributed by atoms with van der Waals surface area (Å²) >= 11 is 3.27. The largest absolute Gasteiger partial charge is 0.478 e. The molecule has 94 valence electrons. The number of aromatic carboxylic acids is 1. The van der Waals surface area contributed by atoms with Crippen LogP contribution >= 0.6 is 15.9 Å². The first-order valence-corrected chi connectivity index (χ1v) is 6.04. The van der Waals surface area contributed by atoms with E-state index >= 15 is 0 Å². The topological polar surface area (TPSA) is 75.4 Å². The Kier molecular flexibility index (Phi) is 3.66. The summed E-state index contributed by atoms with van der Waals surface area (Å²) in [7, 11) is 0. The lowest BCUT2D eigenvalue weighted by Crippen LogP contribution is -2.01. The van der Waals surface area contributed by atoms with Gasteiger partial charge in [0.25, 0.3) is 0 Å². The first kappa shape index (κ1) is 12.6. The van der Waals surface area contributed by atoms with Crippen LogP contribution in [0.5, 0.6) is 0 Å². The van der Waals surface area contributed by atoms with Crippen LogP contribution in [0.4, 0.5) is 5.69 Å². The van der Waals surface area contributed by atoms with E-state index in [0.29, 0.717) is 22.5 Å². The standard InChI is InChI=1S/C12H11BrN2O3/c1-7-2-11(18-15-7)6-14-10-4-8(12(16)17)3-9(13)5-10/h2-5,14H,6H2,1H3,(H,16,17). The second-order valence-electron chi connectivity index (χ2n) is 3.82. The summed E-state index contributed by atoms with van der Waals surface area (Å²) in [6, 6.07) is 6.74. The second kappa shape index (κ2) is 5.22. The summed E-state index contributed by atoms with van der Waals surface area (Å²) in [5.74, 6) is -0.265. The highest BCUT2D eigenvalue weighted by Crippen LogP contribution is 2.20. The van der Waals surface area contributed by atoms with Crippen LogP contribution in [0.25, 0.3) is 0 Å². The Balaban J connectivity index is 2.11. The fourth-order valence-corrected chi connectivity index (χ4v) is 2.00. The third kappa shape index (κ3) is 3.10. The summed E-state index contributed by atoms with van der Waals surface area (Å²) in [5.41, 5.74) is 1.74. The summed E-state index contributed by atoms with van der Waals surface area (Å²) in [6.45, 7) is 2.30. The van der Waals surface area contributed by atoms with E-state index in [1.807, 2.05) is 13.0 Å². The normalized spacial score (nSPS) is 10.3. The van der Waals surface area contributed by atoms with Crippen molar-refractivity contribution < 1.29 is 14.4 Å². The number of nitrogens with zero attached hydrogens (tertiary/aromatic N) is 1. The van der Waals surface area contributed by atoms with Gasteiger partial charge in [-0.25, -0.2) is 4.79 Å². The molecule has 2 rings (SSSR count). The molecule has 1 heterocycles. The number of carbonyl (C=O) groups is 1. The molecule has 2 N–H and O–H groups in total. The van der Waals surface area contributed by atoms with Gasteiger partial charge in [-0.15, -0.1) is 0 Å². The van der Waals surface area contributed by atoms with Gasteiger partial charge in [0.1, 0.15) is 0 Å². The van der Waals surface area contributed by atoms with Crippen LogP contribution in [-0.2, 0) is 6.54 Å². The molecule has 0 aliphatic rings. The third-order valence-corrected chi connectivity index (χ3v) is 2.75. The molecule has 2 aromatic rings. The Hall–Kier alpha value is -1.82. The van der Waals surface area contributed by atoms with Gasteiger partial charge in [0.05, 0.1) is 17.8 Å². The minimum atomic E-state index is -0.963. The van der Waals surface area contributed by atoms with Crippen molar-refractivity contribution >= 4 is 27.6 Å². The number of aryl methyl sites for hydroxylation is 1. The molecule has 0 fully saturated rings. The molecular formula is C12H11BrN2O3. The zero-order valence-electron chi connectivity index (χ0n) is 9.61. The summed E-state index contributed by atoms with van der Waals surface area (Å²) < 4.78 is 5.76. The predicted octanol–water partition coefficient (Wildman–Crippen LogP) is 3.06. The molecule has 0 amide bonds. The van der Waals surface area contributed by atoms with Gasteiger partial charge in [-0.05, 0) is 25.1 Å². The average Bonchev–Trinajstić information content (AvgIpc) is 2.72. The van der Waals surface area contributed by atoms with Crippen LogP contribution in [0, 0.1) is 6.92 Å². The van der Waals surface area contributed by atoms with Crippen molar-refractivity contribution in [1.29, 1.82) is 0 Å². The minimum Gasteiger partial charge on any atom is -0.478 e. The third-order valence-electron chi connectivity index (χ3n) is 2.29. The molecule has 0 radical (unpaired) electrons. The number of carboxylic acids is 1. The fourth-order valence-electron chi connectivity index (χ4n) is 1.50. The number of carboxylic acid groups (broad SMARTS) is 1. The zero-order chi connectivity index (χ0) is 13.1. The average molecular weight is 311 g/mol. The van der Waals surface area contributed by atoms with Crippen LogP contribution in [-0.4, -0.2) is 16.2 Å². The molecule has 1 aromatic carbocycles. The molecule has 0 aliphatic carbocycles. The molecule has 0 saturated carbocycles. The van der Waals surface area contributed by atoms with E-state index in [-0.39, 0.29) is 5.56 Å². The summed E-state index contributed by atoms with van der Waals surface area (Å²) in [5, 5.41) is 15.8. The van der Waals surface area contributed by atoms with E-state index in [0.717, 1.165) is 5.69 Å². The summed E-state index contributed by atoms with van der Waals surface area (Å²) in [4.78, 5) is 10.9. The summed E-state index contributed by atoms with van der Waals surface area (Å²) in [6.07, 6.45) is 0. The Bertz CT molecular complexity index is 580. The monoisotopic (exact) mass is 310 g/mol.